The van der Waals surface area contributed by atoms with Gasteiger partial charge in [0.1, 0.15) is 0 Å². The van der Waals surface area contributed by atoms with E-state index in [-0.39, 0.29) is 0 Å². The van der Waals surface area contributed by atoms with Gasteiger partial charge in [-0.15, -0.1) is 0 Å². The Hall–Kier alpha value is -2.32. The number of nitriles is 2. The quantitative estimate of drug-likeness (QED) is 0.698. The van der Waals surface area contributed by atoms with Crippen LogP contribution in [0, 0.1) is 22.7 Å². The Bertz CT molecular complexity index is 456. The van der Waals surface area contributed by atoms with Crippen molar-refractivity contribution < 1.29 is 0 Å². The van der Waals surface area contributed by atoms with Crippen molar-refractivity contribution in [3.63, 3.8) is 0 Å². The van der Waals surface area contributed by atoms with E-state index in [0.29, 0.717) is 11.1 Å². The van der Waals surface area contributed by atoms with Gasteiger partial charge in [0.25, 0.3) is 0 Å². The molecule has 0 spiro atoms. The molecule has 0 N–H and O–H groups in total. The minimum atomic E-state index is 0.644. The largest absolute Gasteiger partial charge is 0.192 e. The summed E-state index contributed by atoms with van der Waals surface area (Å²) < 4.78 is 0. The van der Waals surface area contributed by atoms with Crippen molar-refractivity contribution >= 4 is 11.1 Å². The van der Waals surface area contributed by atoms with Gasteiger partial charge in [-0.05, 0) is 25.0 Å². The van der Waals surface area contributed by atoms with Crippen molar-refractivity contribution in [3.8, 4) is 12.1 Å². The first-order chi connectivity index (χ1) is 7.76. The molecule has 0 aliphatic carbocycles. The van der Waals surface area contributed by atoms with Crippen molar-refractivity contribution in [3.05, 3.63) is 47.5 Å². The normalized spacial score (nSPS) is 11.8. The lowest BCUT2D eigenvalue weighted by Gasteiger charge is -2.01. The molecule has 2 heteroatoms. The van der Waals surface area contributed by atoms with E-state index in [1.54, 1.807) is 12.2 Å². The average Bonchev–Trinajstić information content (AvgIpc) is 2.34. The van der Waals surface area contributed by atoms with Crippen LogP contribution >= 0.6 is 0 Å². The highest BCUT2D eigenvalue weighted by Gasteiger charge is 2.01. The summed E-state index contributed by atoms with van der Waals surface area (Å²) in [4.78, 5) is 0. The number of benzene rings is 1. The van der Waals surface area contributed by atoms with E-state index in [0.717, 1.165) is 11.1 Å². The molecule has 16 heavy (non-hydrogen) atoms. The first-order valence-corrected chi connectivity index (χ1v) is 5.00. The minimum absolute atomic E-state index is 0.644. The zero-order valence-corrected chi connectivity index (χ0v) is 9.36. The van der Waals surface area contributed by atoms with Crippen molar-refractivity contribution in [2.24, 2.45) is 0 Å². The Labute approximate surface area is 95.8 Å². The molecule has 1 aromatic rings. The number of hydrogen-bond donors (Lipinski definition) is 0. The van der Waals surface area contributed by atoms with Gasteiger partial charge in [0.2, 0.25) is 0 Å². The molecule has 78 valence electrons. The molecule has 0 saturated heterocycles. The van der Waals surface area contributed by atoms with Crippen molar-refractivity contribution in [1.29, 1.82) is 10.5 Å². The van der Waals surface area contributed by atoms with Gasteiger partial charge in [-0.2, -0.15) is 10.5 Å². The van der Waals surface area contributed by atoms with Crippen molar-refractivity contribution in [1.82, 2.24) is 0 Å². The minimum Gasteiger partial charge on any atom is -0.192 e. The Morgan fingerprint density at radius 1 is 0.875 bits per heavy atom. The summed E-state index contributed by atoms with van der Waals surface area (Å²) in [5.41, 5.74) is 3.04. The highest BCUT2D eigenvalue weighted by molar-refractivity contribution is 5.80. The zero-order chi connectivity index (χ0) is 12.0. The third-order valence-corrected chi connectivity index (χ3v) is 2.33. The van der Waals surface area contributed by atoms with Crippen LogP contribution in [-0.4, -0.2) is 0 Å². The standard InChI is InChI=1S/C14H12N2/c1-3-11(9-15)13-5-7-14(8-6-13)12(4-2)10-16/h3-8H,1-2H3/b11-3-,12-4+. The van der Waals surface area contributed by atoms with Crippen LogP contribution in [0.15, 0.2) is 36.4 Å². The highest BCUT2D eigenvalue weighted by Crippen LogP contribution is 2.18. The van der Waals surface area contributed by atoms with E-state index in [1.165, 1.54) is 0 Å². The van der Waals surface area contributed by atoms with Crippen LogP contribution in [-0.2, 0) is 0 Å². The van der Waals surface area contributed by atoms with Crippen molar-refractivity contribution in [2.45, 2.75) is 13.8 Å². The van der Waals surface area contributed by atoms with Gasteiger partial charge >= 0.3 is 0 Å². The molecule has 0 fully saturated rings. The number of allylic oxidation sites excluding steroid dienone is 4. The number of rotatable bonds is 2. The number of hydrogen-bond acceptors (Lipinski definition) is 2. The van der Waals surface area contributed by atoms with Gasteiger partial charge in [-0.1, -0.05) is 36.4 Å². The van der Waals surface area contributed by atoms with E-state index in [1.807, 2.05) is 38.1 Å². The molecular formula is C14H12N2. The maximum absolute atomic E-state index is 8.87. The lowest BCUT2D eigenvalue weighted by atomic mass is 10.0. The maximum atomic E-state index is 8.87. The molecule has 0 heterocycles. The van der Waals surface area contributed by atoms with E-state index in [4.69, 9.17) is 10.5 Å². The summed E-state index contributed by atoms with van der Waals surface area (Å²) in [5, 5.41) is 17.7. The molecule has 0 aromatic heterocycles. The summed E-state index contributed by atoms with van der Waals surface area (Å²) in [7, 11) is 0. The van der Waals surface area contributed by atoms with E-state index >= 15 is 0 Å². The molecule has 0 bridgehead atoms. The highest BCUT2D eigenvalue weighted by atomic mass is 14.3. The molecule has 1 rings (SSSR count). The average molecular weight is 208 g/mol. The SMILES string of the molecule is C/C=C(\C#N)c1ccc(/C(C#N)=C\C)cc1. The fraction of sp³-hybridized carbons (Fsp3) is 0.143. The van der Waals surface area contributed by atoms with Crippen molar-refractivity contribution in [2.75, 3.05) is 0 Å². The second-order valence-electron chi connectivity index (χ2n) is 3.21. The molecule has 0 saturated carbocycles. The third kappa shape index (κ3) is 2.38. The van der Waals surface area contributed by atoms with Crippen LogP contribution in [0.5, 0.6) is 0 Å². The van der Waals surface area contributed by atoms with Gasteiger partial charge in [0, 0.05) is 0 Å². The van der Waals surface area contributed by atoms with Gasteiger partial charge in [-0.3, -0.25) is 0 Å². The first kappa shape index (κ1) is 11.8. The predicted molar refractivity (Wildman–Crippen MR) is 65.0 cm³/mol. The van der Waals surface area contributed by atoms with Gasteiger partial charge in [-0.25, -0.2) is 0 Å². The topological polar surface area (TPSA) is 47.6 Å². The second kappa shape index (κ2) is 5.53. The Kier molecular flexibility index (Phi) is 4.07. The fourth-order valence-corrected chi connectivity index (χ4v) is 1.42. The van der Waals surface area contributed by atoms with E-state index in [2.05, 4.69) is 12.1 Å². The first-order valence-electron chi connectivity index (χ1n) is 5.00. The summed E-state index contributed by atoms with van der Waals surface area (Å²) in [6.45, 7) is 3.66. The summed E-state index contributed by atoms with van der Waals surface area (Å²) >= 11 is 0. The summed E-state index contributed by atoms with van der Waals surface area (Å²) in [6, 6.07) is 11.7. The molecule has 1 aromatic carbocycles. The molecule has 0 aliphatic heterocycles. The third-order valence-electron chi connectivity index (χ3n) is 2.33. The molecule has 0 atom stereocenters. The van der Waals surface area contributed by atoms with Gasteiger partial charge < -0.3 is 0 Å². The molecular weight excluding hydrogens is 196 g/mol. The maximum Gasteiger partial charge on any atom is 0.0994 e. The van der Waals surface area contributed by atoms with E-state index < -0.39 is 0 Å². The molecule has 0 radical (unpaired) electrons. The van der Waals surface area contributed by atoms with E-state index in [9.17, 15) is 0 Å². The second-order valence-corrected chi connectivity index (χ2v) is 3.21. The van der Waals surface area contributed by atoms with Gasteiger partial charge in [0.05, 0.1) is 23.3 Å². The lowest BCUT2D eigenvalue weighted by Crippen LogP contribution is -1.84. The van der Waals surface area contributed by atoms with Crippen LogP contribution in [0.3, 0.4) is 0 Å². The molecule has 2 nitrogen and oxygen atoms in total. The van der Waals surface area contributed by atoms with Crippen LogP contribution in [0.1, 0.15) is 25.0 Å². The lowest BCUT2D eigenvalue weighted by molar-refractivity contribution is 1.49. The smallest absolute Gasteiger partial charge is 0.0994 e. The molecule has 0 amide bonds. The Morgan fingerprint density at radius 3 is 1.38 bits per heavy atom. The summed E-state index contributed by atoms with van der Waals surface area (Å²) in [5.74, 6) is 0. The predicted octanol–water partition coefficient (Wildman–Crippen LogP) is 3.54. The van der Waals surface area contributed by atoms with Crippen LogP contribution < -0.4 is 0 Å². The van der Waals surface area contributed by atoms with Crippen LogP contribution in [0.4, 0.5) is 0 Å². The summed E-state index contributed by atoms with van der Waals surface area (Å²) in [6.07, 6.45) is 3.55. The van der Waals surface area contributed by atoms with Gasteiger partial charge in [0.15, 0.2) is 0 Å². The van der Waals surface area contributed by atoms with Crippen LogP contribution in [0.25, 0.3) is 11.1 Å². The molecule has 0 aliphatic rings. The molecule has 0 unspecified atom stereocenters. The van der Waals surface area contributed by atoms with Crippen LogP contribution in [0.2, 0.25) is 0 Å². The monoisotopic (exact) mass is 208 g/mol. The fourth-order valence-electron chi connectivity index (χ4n) is 1.42. The zero-order valence-electron chi connectivity index (χ0n) is 9.36. The Morgan fingerprint density at radius 2 is 1.19 bits per heavy atom. The Balaban J connectivity index is 3.12. The number of nitrogens with zero attached hydrogens (tertiary/aromatic N) is 2.